The number of nitrogens with one attached hydrogen (secondary N) is 1. The summed E-state index contributed by atoms with van der Waals surface area (Å²) >= 11 is 0. The number of carboxylic acids is 2. The predicted molar refractivity (Wildman–Crippen MR) is 233 cm³/mol. The average molecular weight is 805 g/mol. The molecule has 2 heterocycles. The molecule has 3 aliphatic rings. The summed E-state index contributed by atoms with van der Waals surface area (Å²) in [5.41, 5.74) is 4.58. The maximum Gasteiger partial charge on any atom is 0.348 e. The first-order chi connectivity index (χ1) is 28.1. The van der Waals surface area contributed by atoms with Crippen molar-refractivity contribution in [3.05, 3.63) is 98.8 Å². The third kappa shape index (κ3) is 9.13. The number of unbranched alkanes of at least 4 members (excludes halogenated alkanes) is 10. The molecular weight excluding hydrogens is 743 g/mol. The number of fused-ring (bicyclic) bond motifs is 2. The minimum absolute atomic E-state index is 0.0681. The summed E-state index contributed by atoms with van der Waals surface area (Å²) in [7, 11) is 0. The van der Waals surface area contributed by atoms with Gasteiger partial charge >= 0.3 is 17.9 Å². The van der Waals surface area contributed by atoms with Gasteiger partial charge in [0.1, 0.15) is 12.1 Å². The number of carbonyl (C=O) groups is 4. The van der Waals surface area contributed by atoms with Crippen LogP contribution in [0.15, 0.2) is 76.5 Å². The van der Waals surface area contributed by atoms with Crippen LogP contribution in [0.5, 0.6) is 0 Å². The summed E-state index contributed by atoms with van der Waals surface area (Å²) in [6.07, 6.45) is 16.7. The van der Waals surface area contributed by atoms with Gasteiger partial charge in [0.05, 0.1) is 23.1 Å². The lowest BCUT2D eigenvalue weighted by Gasteiger charge is -2.31. The molecule has 2 aliphatic heterocycles. The summed E-state index contributed by atoms with van der Waals surface area (Å²) in [5, 5.41) is 28.1. The van der Waals surface area contributed by atoms with Crippen LogP contribution in [-0.2, 0) is 25.2 Å². The lowest BCUT2D eigenvalue weighted by molar-refractivity contribution is -0.438. The number of nitrogens with zero attached hydrogens (tertiary/aromatic N) is 2. The van der Waals surface area contributed by atoms with E-state index in [1.165, 1.54) is 12.8 Å². The van der Waals surface area contributed by atoms with Crippen molar-refractivity contribution in [3.63, 3.8) is 0 Å². The summed E-state index contributed by atoms with van der Waals surface area (Å²) < 4.78 is 7.59. The fourth-order valence-corrected chi connectivity index (χ4v) is 8.81. The Labute approximate surface area is 349 Å². The first-order valence-electron chi connectivity index (χ1n) is 21.5. The minimum atomic E-state index is -1.02. The van der Waals surface area contributed by atoms with Crippen molar-refractivity contribution >= 4 is 46.6 Å². The Hall–Kier alpha value is -5.34. The summed E-state index contributed by atoms with van der Waals surface area (Å²) in [4.78, 5) is 54.6. The Kier molecular flexibility index (Phi) is 14.5. The van der Waals surface area contributed by atoms with E-state index < -0.39 is 28.7 Å². The van der Waals surface area contributed by atoms with Crippen LogP contribution in [-0.4, -0.2) is 69.8 Å². The smallest absolute Gasteiger partial charge is 0.348 e. The zero-order valence-electron chi connectivity index (χ0n) is 36.1. The number of benzene rings is 2. The average Bonchev–Trinajstić information content (AvgIpc) is 3.54. The van der Waals surface area contributed by atoms with Crippen LogP contribution in [0.2, 0.25) is 0 Å². The highest BCUT2D eigenvalue weighted by Crippen LogP contribution is 2.50. The first-order valence-corrected chi connectivity index (χ1v) is 21.5. The fraction of sp³-hybridized carbons (Fsp3) is 0.490. The summed E-state index contributed by atoms with van der Waals surface area (Å²) in [6.45, 7) is 15.5. The maximum absolute atomic E-state index is 14.7. The molecule has 0 bridgehead atoms. The third-order valence-electron chi connectivity index (χ3n) is 12.2. The topological polar surface area (TPSA) is 148 Å². The van der Waals surface area contributed by atoms with E-state index in [2.05, 4.69) is 29.2 Å². The van der Waals surface area contributed by atoms with E-state index >= 15 is 0 Å². The number of ketones is 1. The normalized spacial score (nSPS) is 17.6. The van der Waals surface area contributed by atoms with Crippen LogP contribution in [0.3, 0.4) is 0 Å². The third-order valence-corrected chi connectivity index (χ3v) is 12.2. The largest absolute Gasteiger partial charge is 0.478 e. The SMILES string of the molecule is CCCCCCCCN1/C(=C/C2=C(C(=C=N)C(=O)OCC)C(=C/C3=[N+](CCCCCCCC)c4ccc(C(=O)O)cc4C3(C)C)/C2=O)C(C)(C)c2cc(C(=O)O)ccc21. The molecule has 0 atom stereocenters. The van der Waals surface area contributed by atoms with Crippen LogP contribution >= 0.6 is 0 Å². The molecule has 0 saturated carbocycles. The second-order valence-electron chi connectivity index (χ2n) is 17.0. The Morgan fingerprint density at radius 3 is 1.95 bits per heavy atom. The Morgan fingerprint density at radius 1 is 0.780 bits per heavy atom. The number of carboxylic acid groups (broad SMARTS) is 2. The Bertz CT molecular complexity index is 2180. The van der Waals surface area contributed by atoms with Crippen LogP contribution in [0.4, 0.5) is 11.4 Å². The van der Waals surface area contributed by atoms with Crippen molar-refractivity contribution in [3.8, 4) is 0 Å². The molecule has 5 rings (SSSR count). The van der Waals surface area contributed by atoms with Gasteiger partial charge in [-0.2, -0.15) is 4.58 Å². The van der Waals surface area contributed by atoms with Gasteiger partial charge in [-0.05, 0) is 81.5 Å². The van der Waals surface area contributed by atoms with Gasteiger partial charge < -0.3 is 19.8 Å². The van der Waals surface area contributed by atoms with E-state index in [0.29, 0.717) is 13.1 Å². The lowest BCUT2D eigenvalue weighted by Crippen LogP contribution is -2.33. The highest BCUT2D eigenvalue weighted by molar-refractivity contribution is 6.29. The molecule has 0 spiro atoms. The van der Waals surface area contributed by atoms with Gasteiger partial charge in [-0.25, -0.2) is 14.4 Å². The van der Waals surface area contributed by atoms with Gasteiger partial charge in [-0.3, -0.25) is 10.2 Å². The van der Waals surface area contributed by atoms with E-state index in [9.17, 15) is 29.4 Å². The van der Waals surface area contributed by atoms with Crippen LogP contribution in [0.25, 0.3) is 0 Å². The second kappa shape index (κ2) is 19.2. The van der Waals surface area contributed by atoms with Gasteiger partial charge in [-0.1, -0.05) is 85.5 Å². The standard InChI is InChI=1S/C49H61N3O7/c1-8-11-13-15-17-19-25-51-39-23-21-32(45(54)55)27-37(39)48(4,5)41(51)29-34-43(36(31-50)47(58)59-10-3)35(44(34)53)30-42-49(6,7)38-28-33(46(56)57)22-24-40(38)52(42)26-20-18-16-14-12-9-2/h21-24,27-30,50H,8-20,25-26H2,1-7H3,(H-,54,55,56,57)/p+1. The van der Waals surface area contributed by atoms with E-state index in [1.807, 2.05) is 52.0 Å². The van der Waals surface area contributed by atoms with Crippen molar-refractivity contribution < 1.29 is 38.7 Å². The number of aromatic carboxylic acids is 2. The van der Waals surface area contributed by atoms with Crippen molar-refractivity contribution in [1.82, 2.24) is 0 Å². The van der Waals surface area contributed by atoms with E-state index in [4.69, 9.17) is 10.1 Å². The number of hydrogen-bond acceptors (Lipinski definition) is 7. The van der Waals surface area contributed by atoms with Crippen LogP contribution in [0.1, 0.15) is 157 Å². The van der Waals surface area contributed by atoms with Gasteiger partial charge in [0.25, 0.3) is 0 Å². The molecule has 10 nitrogen and oxygen atoms in total. The van der Waals surface area contributed by atoms with E-state index in [0.717, 1.165) is 98.1 Å². The molecule has 0 amide bonds. The highest BCUT2D eigenvalue weighted by atomic mass is 16.5. The molecule has 59 heavy (non-hydrogen) atoms. The number of ether oxygens (including phenoxy) is 1. The molecule has 1 aliphatic carbocycles. The Balaban J connectivity index is 1.68. The number of allylic oxidation sites excluding steroid dienone is 5. The van der Waals surface area contributed by atoms with E-state index in [-0.39, 0.29) is 45.8 Å². The molecule has 3 N–H and O–H groups in total. The first kappa shape index (κ1) is 44.8. The zero-order valence-corrected chi connectivity index (χ0v) is 36.1. The van der Waals surface area contributed by atoms with Crippen LogP contribution in [0, 0.1) is 5.41 Å². The summed E-state index contributed by atoms with van der Waals surface area (Å²) in [5.74, 6) is -0.782. The minimum Gasteiger partial charge on any atom is -0.478 e. The van der Waals surface area contributed by atoms with Crippen molar-refractivity contribution in [2.24, 2.45) is 0 Å². The molecule has 2 aromatic rings. The van der Waals surface area contributed by atoms with Crippen molar-refractivity contribution in [2.45, 2.75) is 136 Å². The molecular formula is C49H62N3O7+. The van der Waals surface area contributed by atoms with Gasteiger partial charge in [-0.15, -0.1) is 0 Å². The zero-order chi connectivity index (χ0) is 43.1. The van der Waals surface area contributed by atoms with Crippen molar-refractivity contribution in [2.75, 3.05) is 24.6 Å². The fourth-order valence-electron chi connectivity index (χ4n) is 8.81. The number of rotatable bonds is 21. The molecule has 0 radical (unpaired) electrons. The molecule has 0 unspecified atom stereocenters. The number of Topliss-reactive ketones (excluding diaryl/α,β-unsaturated/α-hetero) is 1. The van der Waals surface area contributed by atoms with Crippen LogP contribution < -0.4 is 4.90 Å². The number of esters is 1. The van der Waals surface area contributed by atoms with Gasteiger partial charge in [0, 0.05) is 64.2 Å². The van der Waals surface area contributed by atoms with Gasteiger partial charge in [0.2, 0.25) is 5.69 Å². The quantitative estimate of drug-likeness (QED) is 0.0371. The number of carbonyl (C=O) groups excluding carboxylic acids is 2. The molecule has 2 aromatic carbocycles. The second-order valence-corrected chi connectivity index (χ2v) is 17.0. The lowest BCUT2D eigenvalue weighted by atomic mass is 9.72. The maximum atomic E-state index is 14.7. The summed E-state index contributed by atoms with van der Waals surface area (Å²) in [6, 6.07) is 10.3. The van der Waals surface area contributed by atoms with Gasteiger partial charge in [0.15, 0.2) is 11.5 Å². The van der Waals surface area contributed by atoms with E-state index in [1.54, 1.807) is 31.2 Å². The molecule has 10 heteroatoms. The Morgan fingerprint density at radius 2 is 1.36 bits per heavy atom. The highest BCUT2D eigenvalue weighted by Gasteiger charge is 2.48. The molecule has 0 aromatic heterocycles. The molecule has 314 valence electrons. The number of anilines is 1. The van der Waals surface area contributed by atoms with Crippen molar-refractivity contribution in [1.29, 1.82) is 5.41 Å². The molecule has 0 saturated heterocycles. The molecule has 0 fully saturated rings. The monoisotopic (exact) mass is 804 g/mol. The number of hydrogen-bond donors (Lipinski definition) is 3. The predicted octanol–water partition coefficient (Wildman–Crippen LogP) is 10.4.